The van der Waals surface area contributed by atoms with E-state index in [2.05, 4.69) is 11.9 Å². The Morgan fingerprint density at radius 1 is 1.40 bits per heavy atom. The first-order valence-corrected chi connectivity index (χ1v) is 5.66. The Kier molecular flexibility index (Phi) is 2.73. The number of carboxylic acids is 1. The third-order valence-corrected chi connectivity index (χ3v) is 4.14. The highest BCUT2D eigenvalue weighted by atomic mass is 16.4. The molecule has 4 heteroatoms. The van der Waals surface area contributed by atoms with E-state index in [1.165, 1.54) is 0 Å². The number of carboxylic acid groups (broad SMARTS) is 1. The van der Waals surface area contributed by atoms with Crippen molar-refractivity contribution in [2.45, 2.75) is 31.8 Å². The SMILES string of the molecule is CN1CCC(C2(C(O)C(=O)O)CC2)CC1. The lowest BCUT2D eigenvalue weighted by Crippen LogP contribution is -2.41. The van der Waals surface area contributed by atoms with Crippen LogP contribution < -0.4 is 0 Å². The summed E-state index contributed by atoms with van der Waals surface area (Å²) in [5.74, 6) is -0.647. The fourth-order valence-electron chi connectivity index (χ4n) is 2.88. The molecule has 0 amide bonds. The first-order chi connectivity index (χ1) is 7.06. The van der Waals surface area contributed by atoms with E-state index >= 15 is 0 Å². The average Bonchev–Trinajstić information content (AvgIpc) is 2.99. The van der Waals surface area contributed by atoms with Crippen LogP contribution in [0.3, 0.4) is 0 Å². The molecule has 0 aromatic rings. The van der Waals surface area contributed by atoms with Crippen molar-refractivity contribution >= 4 is 5.97 Å². The summed E-state index contributed by atoms with van der Waals surface area (Å²) in [5, 5.41) is 18.6. The number of hydrogen-bond acceptors (Lipinski definition) is 3. The van der Waals surface area contributed by atoms with Gasteiger partial charge in [0.05, 0.1) is 0 Å². The molecule has 0 bridgehead atoms. The van der Waals surface area contributed by atoms with Gasteiger partial charge in [-0.1, -0.05) is 0 Å². The molecule has 1 atom stereocenters. The molecule has 1 saturated heterocycles. The van der Waals surface area contributed by atoms with E-state index in [1.807, 2.05) is 0 Å². The normalized spacial score (nSPS) is 28.7. The molecule has 1 aliphatic heterocycles. The lowest BCUT2D eigenvalue weighted by Gasteiger charge is -2.35. The van der Waals surface area contributed by atoms with E-state index in [-0.39, 0.29) is 5.41 Å². The molecular weight excluding hydrogens is 194 g/mol. The second-order valence-electron chi connectivity index (χ2n) is 5.05. The summed E-state index contributed by atoms with van der Waals surface area (Å²) in [4.78, 5) is 13.1. The molecule has 0 spiro atoms. The number of likely N-dealkylation sites (tertiary alicyclic amines) is 1. The van der Waals surface area contributed by atoms with Gasteiger partial charge in [0.15, 0.2) is 6.10 Å². The highest BCUT2D eigenvalue weighted by Crippen LogP contribution is 2.57. The lowest BCUT2D eigenvalue weighted by atomic mass is 9.78. The summed E-state index contributed by atoms with van der Waals surface area (Å²) in [5.41, 5.74) is -0.285. The first-order valence-electron chi connectivity index (χ1n) is 5.66. The number of aliphatic hydroxyl groups excluding tert-OH is 1. The Balaban J connectivity index is 2.00. The van der Waals surface area contributed by atoms with Crippen molar-refractivity contribution in [3.63, 3.8) is 0 Å². The maximum Gasteiger partial charge on any atom is 0.333 e. The molecule has 0 radical (unpaired) electrons. The van der Waals surface area contributed by atoms with Crippen LogP contribution in [-0.2, 0) is 4.79 Å². The second kappa shape index (κ2) is 3.76. The Labute approximate surface area is 89.9 Å². The van der Waals surface area contributed by atoms with Crippen molar-refractivity contribution in [3.05, 3.63) is 0 Å². The van der Waals surface area contributed by atoms with E-state index in [9.17, 15) is 9.90 Å². The Bertz CT molecular complexity index is 255. The van der Waals surface area contributed by atoms with Gasteiger partial charge in [-0.25, -0.2) is 4.79 Å². The molecule has 1 heterocycles. The number of piperidine rings is 1. The van der Waals surface area contributed by atoms with Crippen molar-refractivity contribution in [2.24, 2.45) is 11.3 Å². The minimum atomic E-state index is -1.15. The summed E-state index contributed by atoms with van der Waals surface area (Å²) in [6.07, 6.45) is 2.68. The maximum absolute atomic E-state index is 10.8. The number of aliphatic carboxylic acids is 1. The standard InChI is InChI=1S/C11H19NO3/c1-12-6-2-8(3-7-12)11(4-5-11)9(13)10(14)15/h8-9,13H,2-7H2,1H3,(H,14,15). The topological polar surface area (TPSA) is 60.8 Å². The number of nitrogens with zero attached hydrogens (tertiary/aromatic N) is 1. The summed E-state index contributed by atoms with van der Waals surface area (Å²) >= 11 is 0. The minimum Gasteiger partial charge on any atom is -0.479 e. The van der Waals surface area contributed by atoms with Gasteiger partial charge in [0, 0.05) is 5.41 Å². The molecule has 1 saturated carbocycles. The van der Waals surface area contributed by atoms with Gasteiger partial charge in [0.25, 0.3) is 0 Å². The zero-order valence-electron chi connectivity index (χ0n) is 9.15. The zero-order chi connectivity index (χ0) is 11.1. The van der Waals surface area contributed by atoms with E-state index in [4.69, 9.17) is 5.11 Å². The second-order valence-corrected chi connectivity index (χ2v) is 5.05. The largest absolute Gasteiger partial charge is 0.479 e. The Morgan fingerprint density at radius 2 is 1.93 bits per heavy atom. The van der Waals surface area contributed by atoms with Crippen molar-refractivity contribution in [3.8, 4) is 0 Å². The fraction of sp³-hybridized carbons (Fsp3) is 0.909. The molecule has 0 aromatic carbocycles. The molecular formula is C11H19NO3. The molecule has 1 aliphatic carbocycles. The molecule has 86 valence electrons. The van der Waals surface area contributed by atoms with Crippen LogP contribution in [0.25, 0.3) is 0 Å². The third-order valence-electron chi connectivity index (χ3n) is 4.14. The quantitative estimate of drug-likeness (QED) is 0.719. The Morgan fingerprint density at radius 3 is 2.33 bits per heavy atom. The Hall–Kier alpha value is -0.610. The summed E-state index contributed by atoms with van der Waals surface area (Å²) in [7, 11) is 2.09. The van der Waals surface area contributed by atoms with Crippen LogP contribution in [-0.4, -0.2) is 47.3 Å². The van der Waals surface area contributed by atoms with Gasteiger partial charge < -0.3 is 15.1 Å². The number of rotatable bonds is 3. The van der Waals surface area contributed by atoms with Crippen molar-refractivity contribution in [1.29, 1.82) is 0 Å². The summed E-state index contributed by atoms with van der Waals surface area (Å²) in [6, 6.07) is 0. The van der Waals surface area contributed by atoms with Crippen LogP contribution in [0.2, 0.25) is 0 Å². The van der Waals surface area contributed by atoms with Crippen LogP contribution in [0.15, 0.2) is 0 Å². The van der Waals surface area contributed by atoms with E-state index in [0.29, 0.717) is 5.92 Å². The van der Waals surface area contributed by atoms with Crippen molar-refractivity contribution in [1.82, 2.24) is 4.90 Å². The molecule has 2 fully saturated rings. The van der Waals surface area contributed by atoms with Crippen molar-refractivity contribution < 1.29 is 15.0 Å². The number of hydrogen-bond donors (Lipinski definition) is 2. The smallest absolute Gasteiger partial charge is 0.333 e. The molecule has 15 heavy (non-hydrogen) atoms. The van der Waals surface area contributed by atoms with E-state index < -0.39 is 12.1 Å². The van der Waals surface area contributed by atoms with Gasteiger partial charge in [0.2, 0.25) is 0 Å². The molecule has 2 rings (SSSR count). The molecule has 2 aliphatic rings. The van der Waals surface area contributed by atoms with E-state index in [0.717, 1.165) is 38.8 Å². The molecule has 4 nitrogen and oxygen atoms in total. The van der Waals surface area contributed by atoms with Gasteiger partial charge in [-0.3, -0.25) is 0 Å². The maximum atomic E-state index is 10.8. The van der Waals surface area contributed by atoms with Crippen LogP contribution in [0, 0.1) is 11.3 Å². The lowest BCUT2D eigenvalue weighted by molar-refractivity contribution is -0.152. The number of aliphatic hydroxyl groups is 1. The third kappa shape index (κ3) is 1.88. The highest BCUT2D eigenvalue weighted by molar-refractivity contribution is 5.73. The van der Waals surface area contributed by atoms with Crippen LogP contribution >= 0.6 is 0 Å². The average molecular weight is 213 g/mol. The van der Waals surface area contributed by atoms with Gasteiger partial charge in [-0.15, -0.1) is 0 Å². The highest BCUT2D eigenvalue weighted by Gasteiger charge is 2.57. The van der Waals surface area contributed by atoms with Crippen LogP contribution in [0.4, 0.5) is 0 Å². The van der Waals surface area contributed by atoms with Crippen LogP contribution in [0.1, 0.15) is 25.7 Å². The summed E-state index contributed by atoms with van der Waals surface area (Å²) in [6.45, 7) is 2.05. The monoisotopic (exact) mass is 213 g/mol. The van der Waals surface area contributed by atoms with Gasteiger partial charge in [-0.2, -0.15) is 0 Å². The van der Waals surface area contributed by atoms with Crippen molar-refractivity contribution in [2.75, 3.05) is 20.1 Å². The van der Waals surface area contributed by atoms with Gasteiger partial charge in [-0.05, 0) is 51.7 Å². The van der Waals surface area contributed by atoms with Gasteiger partial charge >= 0.3 is 5.97 Å². The van der Waals surface area contributed by atoms with Crippen LogP contribution in [0.5, 0.6) is 0 Å². The number of carbonyl (C=O) groups is 1. The summed E-state index contributed by atoms with van der Waals surface area (Å²) < 4.78 is 0. The molecule has 2 N–H and O–H groups in total. The first kappa shape index (κ1) is 10.9. The predicted octanol–water partition coefficient (Wildman–Crippen LogP) is 0.554. The zero-order valence-corrected chi connectivity index (χ0v) is 9.15. The van der Waals surface area contributed by atoms with E-state index in [1.54, 1.807) is 0 Å². The van der Waals surface area contributed by atoms with Gasteiger partial charge in [0.1, 0.15) is 0 Å². The fourth-order valence-corrected chi connectivity index (χ4v) is 2.88. The molecule has 1 unspecified atom stereocenters. The predicted molar refractivity (Wildman–Crippen MR) is 55.5 cm³/mol. The molecule has 0 aromatic heterocycles. The minimum absolute atomic E-state index is 0.285.